The lowest BCUT2D eigenvalue weighted by Gasteiger charge is -2.08. The van der Waals surface area contributed by atoms with Crippen LogP contribution in [-0.4, -0.2) is 22.4 Å². The monoisotopic (exact) mass is 127 g/mol. The SMILES string of the molecule is C=C[C@@H](O)[C@@H](O)CC#N. The molecule has 0 radical (unpaired) electrons. The van der Waals surface area contributed by atoms with Crippen molar-refractivity contribution in [3.63, 3.8) is 0 Å². The summed E-state index contributed by atoms with van der Waals surface area (Å²) >= 11 is 0. The molecule has 0 unspecified atom stereocenters. The first-order chi connectivity index (χ1) is 4.22. The Kier molecular flexibility index (Phi) is 3.69. The smallest absolute Gasteiger partial charge is 0.0987 e. The molecule has 0 saturated carbocycles. The van der Waals surface area contributed by atoms with E-state index in [1.165, 1.54) is 6.08 Å². The highest BCUT2D eigenvalue weighted by molar-refractivity contribution is 4.89. The van der Waals surface area contributed by atoms with Gasteiger partial charge in [-0.15, -0.1) is 6.58 Å². The first kappa shape index (κ1) is 8.15. The second-order valence-corrected chi connectivity index (χ2v) is 1.66. The maximum Gasteiger partial charge on any atom is 0.0987 e. The Morgan fingerprint density at radius 3 is 2.56 bits per heavy atom. The van der Waals surface area contributed by atoms with E-state index in [1.54, 1.807) is 6.07 Å². The average molecular weight is 127 g/mol. The van der Waals surface area contributed by atoms with E-state index in [0.717, 1.165) is 0 Å². The second-order valence-electron chi connectivity index (χ2n) is 1.66. The molecule has 0 aliphatic carbocycles. The number of nitrogens with zero attached hydrogens (tertiary/aromatic N) is 1. The zero-order valence-corrected chi connectivity index (χ0v) is 4.99. The minimum Gasteiger partial charge on any atom is -0.389 e. The molecule has 3 nitrogen and oxygen atoms in total. The summed E-state index contributed by atoms with van der Waals surface area (Å²) in [5.74, 6) is 0. The molecule has 50 valence electrons. The van der Waals surface area contributed by atoms with Crippen LogP contribution in [0, 0.1) is 11.3 Å². The number of nitriles is 1. The van der Waals surface area contributed by atoms with E-state index in [9.17, 15) is 0 Å². The van der Waals surface area contributed by atoms with E-state index in [-0.39, 0.29) is 6.42 Å². The van der Waals surface area contributed by atoms with Crippen LogP contribution in [0.1, 0.15) is 6.42 Å². The molecule has 3 heteroatoms. The average Bonchev–Trinajstić information content (AvgIpc) is 1.87. The van der Waals surface area contributed by atoms with Crippen molar-refractivity contribution < 1.29 is 10.2 Å². The predicted octanol–water partition coefficient (Wildman–Crippen LogP) is -0.192. The summed E-state index contributed by atoms with van der Waals surface area (Å²) in [6.45, 7) is 3.24. The van der Waals surface area contributed by atoms with E-state index in [1.807, 2.05) is 0 Å². The quantitative estimate of drug-likeness (QED) is 0.516. The van der Waals surface area contributed by atoms with Gasteiger partial charge in [0.2, 0.25) is 0 Å². The fourth-order valence-corrected chi connectivity index (χ4v) is 0.371. The minimum absolute atomic E-state index is 0.0623. The van der Waals surface area contributed by atoms with Crippen LogP contribution in [0.25, 0.3) is 0 Å². The van der Waals surface area contributed by atoms with Gasteiger partial charge in [0.05, 0.1) is 24.7 Å². The van der Waals surface area contributed by atoms with Crippen LogP contribution in [0.4, 0.5) is 0 Å². The molecule has 0 heterocycles. The maximum absolute atomic E-state index is 8.77. The van der Waals surface area contributed by atoms with Crippen LogP contribution in [0.3, 0.4) is 0 Å². The van der Waals surface area contributed by atoms with Gasteiger partial charge in [-0.1, -0.05) is 6.08 Å². The van der Waals surface area contributed by atoms with Gasteiger partial charge in [-0.05, 0) is 0 Å². The standard InChI is InChI=1S/C6H9NO2/c1-2-5(8)6(9)3-4-7/h2,5-6,8-9H,1,3H2/t5-,6+/m1/s1. The Balaban J connectivity index is 3.60. The van der Waals surface area contributed by atoms with Crippen LogP contribution in [0.5, 0.6) is 0 Å². The first-order valence-electron chi connectivity index (χ1n) is 2.58. The van der Waals surface area contributed by atoms with Crippen LogP contribution in [0.15, 0.2) is 12.7 Å². The highest BCUT2D eigenvalue weighted by Gasteiger charge is 2.10. The third-order valence-electron chi connectivity index (χ3n) is 0.936. The van der Waals surface area contributed by atoms with Crippen LogP contribution < -0.4 is 0 Å². The third-order valence-corrected chi connectivity index (χ3v) is 0.936. The van der Waals surface area contributed by atoms with Crippen molar-refractivity contribution >= 4 is 0 Å². The summed E-state index contributed by atoms with van der Waals surface area (Å²) in [7, 11) is 0. The number of hydrogen-bond donors (Lipinski definition) is 2. The number of rotatable bonds is 3. The van der Waals surface area contributed by atoms with Crippen molar-refractivity contribution in [2.45, 2.75) is 18.6 Å². The summed E-state index contributed by atoms with van der Waals surface area (Å²) in [5, 5.41) is 25.5. The molecule has 0 fully saturated rings. The lowest BCUT2D eigenvalue weighted by Crippen LogP contribution is -2.22. The van der Waals surface area contributed by atoms with Gasteiger partial charge in [-0.25, -0.2) is 0 Å². The molecule has 0 aliphatic heterocycles. The second kappa shape index (κ2) is 4.07. The van der Waals surface area contributed by atoms with E-state index in [4.69, 9.17) is 15.5 Å². The molecule has 0 aliphatic rings. The third kappa shape index (κ3) is 2.85. The number of aliphatic hydroxyl groups is 2. The lowest BCUT2D eigenvalue weighted by molar-refractivity contribution is 0.0525. The van der Waals surface area contributed by atoms with Gasteiger partial charge in [0.15, 0.2) is 0 Å². The molecule has 0 aromatic rings. The van der Waals surface area contributed by atoms with Gasteiger partial charge >= 0.3 is 0 Å². The van der Waals surface area contributed by atoms with E-state index >= 15 is 0 Å². The predicted molar refractivity (Wildman–Crippen MR) is 32.4 cm³/mol. The zero-order chi connectivity index (χ0) is 7.28. The maximum atomic E-state index is 8.77. The Hall–Kier alpha value is -0.850. The lowest BCUT2D eigenvalue weighted by atomic mass is 10.1. The first-order valence-corrected chi connectivity index (χ1v) is 2.58. The van der Waals surface area contributed by atoms with Gasteiger partial charge in [0, 0.05) is 0 Å². The van der Waals surface area contributed by atoms with Gasteiger partial charge in [0.1, 0.15) is 0 Å². The molecule has 0 amide bonds. The molecule has 0 aromatic heterocycles. The van der Waals surface area contributed by atoms with Crippen LogP contribution in [0.2, 0.25) is 0 Å². The van der Waals surface area contributed by atoms with Gasteiger partial charge in [-0.3, -0.25) is 0 Å². The zero-order valence-electron chi connectivity index (χ0n) is 4.99. The molecule has 0 rings (SSSR count). The van der Waals surface area contributed by atoms with Crippen LogP contribution >= 0.6 is 0 Å². The van der Waals surface area contributed by atoms with Crippen molar-refractivity contribution in [3.8, 4) is 6.07 Å². The van der Waals surface area contributed by atoms with E-state index < -0.39 is 12.2 Å². The van der Waals surface area contributed by atoms with Crippen LogP contribution in [-0.2, 0) is 0 Å². The summed E-state index contributed by atoms with van der Waals surface area (Å²) in [6.07, 6.45) is -0.841. The highest BCUT2D eigenvalue weighted by atomic mass is 16.3. The molecular weight excluding hydrogens is 118 g/mol. The van der Waals surface area contributed by atoms with Gasteiger partial charge < -0.3 is 10.2 Å². The van der Waals surface area contributed by atoms with E-state index in [2.05, 4.69) is 6.58 Å². The molecule has 0 spiro atoms. The van der Waals surface area contributed by atoms with E-state index in [0.29, 0.717) is 0 Å². The highest BCUT2D eigenvalue weighted by Crippen LogP contribution is 1.97. The molecule has 0 saturated heterocycles. The molecule has 2 N–H and O–H groups in total. The summed E-state index contributed by atoms with van der Waals surface area (Å²) in [5.41, 5.74) is 0. The Morgan fingerprint density at radius 1 is 1.67 bits per heavy atom. The van der Waals surface area contributed by atoms with Gasteiger partial charge in [-0.2, -0.15) is 5.26 Å². The minimum atomic E-state index is -0.993. The fraction of sp³-hybridized carbons (Fsp3) is 0.500. The number of aliphatic hydroxyl groups excluding tert-OH is 2. The van der Waals surface area contributed by atoms with Crippen molar-refractivity contribution in [2.24, 2.45) is 0 Å². The largest absolute Gasteiger partial charge is 0.389 e. The molecule has 0 bridgehead atoms. The van der Waals surface area contributed by atoms with Gasteiger partial charge in [0.25, 0.3) is 0 Å². The number of hydrogen-bond acceptors (Lipinski definition) is 3. The topological polar surface area (TPSA) is 64.2 Å². The molecule has 9 heavy (non-hydrogen) atoms. The molecule has 0 aromatic carbocycles. The van der Waals surface area contributed by atoms with Crippen molar-refractivity contribution in [2.75, 3.05) is 0 Å². The summed E-state index contributed by atoms with van der Waals surface area (Å²) < 4.78 is 0. The summed E-state index contributed by atoms with van der Waals surface area (Å²) in [4.78, 5) is 0. The normalized spacial score (nSPS) is 15.7. The van der Waals surface area contributed by atoms with Crippen molar-refractivity contribution in [1.82, 2.24) is 0 Å². The summed E-state index contributed by atoms with van der Waals surface area (Å²) in [6, 6.07) is 1.72. The fourth-order valence-electron chi connectivity index (χ4n) is 0.371. The van der Waals surface area contributed by atoms with Crippen molar-refractivity contribution in [1.29, 1.82) is 5.26 Å². The molecule has 2 atom stereocenters. The van der Waals surface area contributed by atoms with Crippen molar-refractivity contribution in [3.05, 3.63) is 12.7 Å². The Labute approximate surface area is 53.9 Å². The molecular formula is C6H9NO2. The Morgan fingerprint density at radius 2 is 2.22 bits per heavy atom. The Bertz CT molecular complexity index is 128.